The Morgan fingerprint density at radius 1 is 1.47 bits per heavy atom. The summed E-state index contributed by atoms with van der Waals surface area (Å²) in [5.41, 5.74) is 0. The fourth-order valence-electron chi connectivity index (χ4n) is 2.05. The first-order valence-electron chi connectivity index (χ1n) is 5.87. The lowest BCUT2D eigenvalue weighted by atomic mass is 10.0. The smallest absolute Gasteiger partial charge is 0.172 e. The van der Waals surface area contributed by atoms with Crippen LogP contribution in [0.5, 0.6) is 0 Å². The fourth-order valence-corrected chi connectivity index (χ4v) is 3.21. The summed E-state index contributed by atoms with van der Waals surface area (Å²) in [6.45, 7) is 2.20. The van der Waals surface area contributed by atoms with Crippen LogP contribution in [0.15, 0.2) is 10.7 Å². The molecule has 3 heteroatoms. The van der Waals surface area contributed by atoms with Crippen LogP contribution in [0.4, 0.5) is 0 Å². The standard InChI is InChI=1S/C12H18O2S/c1-2-3-5-9-8-15-12-10(13)6-4-7-11(12)14-9/h9H,2-8H2,1H3. The maximum atomic E-state index is 11.6. The Balaban J connectivity index is 1.97. The van der Waals surface area contributed by atoms with Gasteiger partial charge in [-0.1, -0.05) is 19.8 Å². The maximum Gasteiger partial charge on any atom is 0.172 e. The number of thioether (sulfide) groups is 1. The number of hydrogen-bond donors (Lipinski definition) is 0. The van der Waals surface area contributed by atoms with Gasteiger partial charge in [0.15, 0.2) is 5.78 Å². The first-order valence-corrected chi connectivity index (χ1v) is 6.85. The van der Waals surface area contributed by atoms with Crippen LogP contribution in [0, 0.1) is 0 Å². The van der Waals surface area contributed by atoms with E-state index in [9.17, 15) is 4.79 Å². The van der Waals surface area contributed by atoms with Gasteiger partial charge in [0, 0.05) is 18.6 Å². The predicted octanol–water partition coefficient (Wildman–Crippen LogP) is 3.27. The highest BCUT2D eigenvalue weighted by Gasteiger charge is 2.29. The van der Waals surface area contributed by atoms with Crippen molar-refractivity contribution in [2.75, 3.05) is 5.75 Å². The number of Topliss-reactive ketones (excluding diaryl/α,β-unsaturated/α-hetero) is 1. The average molecular weight is 226 g/mol. The Morgan fingerprint density at radius 3 is 3.13 bits per heavy atom. The lowest BCUT2D eigenvalue weighted by molar-refractivity contribution is -0.115. The van der Waals surface area contributed by atoms with Gasteiger partial charge < -0.3 is 4.74 Å². The molecule has 1 heterocycles. The predicted molar refractivity (Wildman–Crippen MR) is 62.7 cm³/mol. The van der Waals surface area contributed by atoms with Crippen LogP contribution in [0.1, 0.15) is 45.4 Å². The summed E-state index contributed by atoms with van der Waals surface area (Å²) >= 11 is 1.72. The zero-order valence-electron chi connectivity index (χ0n) is 9.25. The van der Waals surface area contributed by atoms with E-state index in [0.29, 0.717) is 11.9 Å². The highest BCUT2D eigenvalue weighted by molar-refractivity contribution is 8.04. The van der Waals surface area contributed by atoms with E-state index in [-0.39, 0.29) is 0 Å². The molecule has 0 N–H and O–H groups in total. The summed E-state index contributed by atoms with van der Waals surface area (Å²) in [6, 6.07) is 0. The van der Waals surface area contributed by atoms with Crippen LogP contribution in [0.25, 0.3) is 0 Å². The van der Waals surface area contributed by atoms with E-state index in [1.165, 1.54) is 12.8 Å². The first kappa shape index (κ1) is 11.1. The zero-order chi connectivity index (χ0) is 10.7. The van der Waals surface area contributed by atoms with Crippen molar-refractivity contribution in [2.45, 2.75) is 51.6 Å². The fraction of sp³-hybridized carbons (Fsp3) is 0.750. The van der Waals surface area contributed by atoms with Crippen LogP contribution < -0.4 is 0 Å². The minimum Gasteiger partial charge on any atom is -0.493 e. The van der Waals surface area contributed by atoms with Gasteiger partial charge in [0.25, 0.3) is 0 Å². The summed E-state index contributed by atoms with van der Waals surface area (Å²) < 4.78 is 5.90. The van der Waals surface area contributed by atoms with E-state index in [4.69, 9.17) is 4.74 Å². The lowest BCUT2D eigenvalue weighted by Gasteiger charge is -2.29. The molecule has 0 aromatic heterocycles. The number of carbonyl (C=O) groups excluding carboxylic acids is 1. The summed E-state index contributed by atoms with van der Waals surface area (Å²) in [5, 5.41) is 0. The Morgan fingerprint density at radius 2 is 2.33 bits per heavy atom. The van der Waals surface area contributed by atoms with Crippen LogP contribution in [-0.2, 0) is 9.53 Å². The SMILES string of the molecule is CCCCC1CSC2=C(CCCC2=O)O1. The van der Waals surface area contributed by atoms with Gasteiger partial charge in [0.05, 0.1) is 4.91 Å². The van der Waals surface area contributed by atoms with E-state index < -0.39 is 0 Å². The third-order valence-corrected chi connectivity index (χ3v) is 4.20. The number of ether oxygens (including phenoxy) is 1. The molecular weight excluding hydrogens is 208 g/mol. The van der Waals surface area contributed by atoms with Crippen LogP contribution in [-0.4, -0.2) is 17.6 Å². The van der Waals surface area contributed by atoms with Crippen molar-refractivity contribution in [3.8, 4) is 0 Å². The molecule has 0 aromatic carbocycles. The minimum atomic E-state index is 0.301. The highest BCUT2D eigenvalue weighted by atomic mass is 32.2. The number of rotatable bonds is 3. The molecule has 1 aliphatic heterocycles. The molecule has 2 rings (SSSR count). The zero-order valence-corrected chi connectivity index (χ0v) is 10.1. The molecule has 0 aromatic rings. The normalized spacial score (nSPS) is 26.2. The molecule has 0 bridgehead atoms. The molecule has 0 saturated carbocycles. The summed E-state index contributed by atoms with van der Waals surface area (Å²) in [6.07, 6.45) is 6.58. The number of unbranched alkanes of at least 4 members (excludes halogenated alkanes) is 1. The number of allylic oxidation sites excluding steroid dienone is 2. The topological polar surface area (TPSA) is 26.3 Å². The summed E-state index contributed by atoms with van der Waals surface area (Å²) in [4.78, 5) is 12.5. The van der Waals surface area contributed by atoms with Gasteiger partial charge in [-0.25, -0.2) is 0 Å². The van der Waals surface area contributed by atoms with Gasteiger partial charge in [-0.2, -0.15) is 0 Å². The molecule has 1 aliphatic carbocycles. The highest BCUT2D eigenvalue weighted by Crippen LogP contribution is 2.37. The van der Waals surface area contributed by atoms with Crippen molar-refractivity contribution >= 4 is 17.5 Å². The Labute approximate surface area is 95.5 Å². The molecule has 84 valence electrons. The molecule has 0 saturated heterocycles. The molecule has 0 fully saturated rings. The quantitative estimate of drug-likeness (QED) is 0.738. The summed E-state index contributed by atoms with van der Waals surface area (Å²) in [5.74, 6) is 2.25. The molecule has 1 atom stereocenters. The van der Waals surface area contributed by atoms with Crippen LogP contribution in [0.3, 0.4) is 0 Å². The molecule has 2 aliphatic rings. The second-order valence-corrected chi connectivity index (χ2v) is 5.25. The van der Waals surface area contributed by atoms with Crippen LogP contribution in [0.2, 0.25) is 0 Å². The van der Waals surface area contributed by atoms with E-state index in [0.717, 1.165) is 42.1 Å². The molecule has 0 amide bonds. The van der Waals surface area contributed by atoms with Crippen LogP contribution >= 0.6 is 11.8 Å². The lowest BCUT2D eigenvalue weighted by Crippen LogP contribution is -2.25. The van der Waals surface area contributed by atoms with Gasteiger partial charge in [-0.3, -0.25) is 4.79 Å². The van der Waals surface area contributed by atoms with Crippen molar-refractivity contribution in [3.63, 3.8) is 0 Å². The Bertz CT molecular complexity index is 283. The first-order chi connectivity index (χ1) is 7.31. The molecule has 0 spiro atoms. The van der Waals surface area contributed by atoms with Crippen molar-refractivity contribution in [1.82, 2.24) is 0 Å². The van der Waals surface area contributed by atoms with E-state index >= 15 is 0 Å². The van der Waals surface area contributed by atoms with Crippen molar-refractivity contribution in [1.29, 1.82) is 0 Å². The molecule has 2 nitrogen and oxygen atoms in total. The molecule has 0 radical (unpaired) electrons. The van der Waals surface area contributed by atoms with Gasteiger partial charge >= 0.3 is 0 Å². The second kappa shape index (κ2) is 5.06. The second-order valence-electron chi connectivity index (χ2n) is 4.22. The van der Waals surface area contributed by atoms with Crippen molar-refractivity contribution in [2.24, 2.45) is 0 Å². The summed E-state index contributed by atoms with van der Waals surface area (Å²) in [7, 11) is 0. The van der Waals surface area contributed by atoms with Gasteiger partial charge in [0.1, 0.15) is 11.9 Å². The van der Waals surface area contributed by atoms with E-state index in [2.05, 4.69) is 6.92 Å². The van der Waals surface area contributed by atoms with Crippen molar-refractivity contribution < 1.29 is 9.53 Å². The molecule has 1 unspecified atom stereocenters. The van der Waals surface area contributed by atoms with Gasteiger partial charge in [-0.15, -0.1) is 11.8 Å². The average Bonchev–Trinajstić information content (AvgIpc) is 2.26. The largest absolute Gasteiger partial charge is 0.493 e. The van der Waals surface area contributed by atoms with E-state index in [1.54, 1.807) is 11.8 Å². The number of ketones is 1. The van der Waals surface area contributed by atoms with Gasteiger partial charge in [-0.05, 0) is 12.8 Å². The van der Waals surface area contributed by atoms with Crippen molar-refractivity contribution in [3.05, 3.63) is 10.7 Å². The Hall–Kier alpha value is -0.440. The third kappa shape index (κ3) is 2.57. The minimum absolute atomic E-state index is 0.301. The number of hydrogen-bond acceptors (Lipinski definition) is 3. The third-order valence-electron chi connectivity index (χ3n) is 2.92. The number of carbonyl (C=O) groups is 1. The monoisotopic (exact) mass is 226 g/mol. The molecular formula is C12H18O2S. The van der Waals surface area contributed by atoms with E-state index in [1.807, 2.05) is 0 Å². The molecule has 15 heavy (non-hydrogen) atoms. The maximum absolute atomic E-state index is 11.6. The van der Waals surface area contributed by atoms with Gasteiger partial charge in [0.2, 0.25) is 0 Å². The Kier molecular flexibility index (Phi) is 3.73.